The van der Waals surface area contributed by atoms with E-state index in [1.807, 2.05) is 24.3 Å². The standard InChI is InChI=1S/C15H18N2OS/c1-3-9-16-15-11-13(8-10-17-15)18-12-4-6-14(19-2)7-5-12/h4-8,10-11H,3,9H2,1-2H3,(H,16,17). The zero-order valence-electron chi connectivity index (χ0n) is 11.2. The first-order chi connectivity index (χ1) is 9.31. The number of ether oxygens (including phenoxy) is 1. The van der Waals surface area contributed by atoms with Crippen molar-refractivity contribution in [3.63, 3.8) is 0 Å². The van der Waals surface area contributed by atoms with Crippen molar-refractivity contribution in [3.8, 4) is 11.5 Å². The SMILES string of the molecule is CCCNc1cc(Oc2ccc(SC)cc2)ccn1. The quantitative estimate of drug-likeness (QED) is 0.791. The third-order valence-electron chi connectivity index (χ3n) is 2.58. The first-order valence-corrected chi connectivity index (χ1v) is 7.56. The molecule has 1 aromatic heterocycles. The van der Waals surface area contributed by atoms with E-state index in [0.717, 1.165) is 30.3 Å². The topological polar surface area (TPSA) is 34.1 Å². The van der Waals surface area contributed by atoms with E-state index in [4.69, 9.17) is 4.74 Å². The van der Waals surface area contributed by atoms with E-state index < -0.39 is 0 Å². The lowest BCUT2D eigenvalue weighted by molar-refractivity contribution is 0.482. The molecule has 0 saturated carbocycles. The molecule has 0 atom stereocenters. The van der Waals surface area contributed by atoms with E-state index in [2.05, 4.69) is 35.6 Å². The van der Waals surface area contributed by atoms with E-state index in [1.54, 1.807) is 18.0 Å². The highest BCUT2D eigenvalue weighted by molar-refractivity contribution is 7.98. The van der Waals surface area contributed by atoms with Crippen LogP contribution < -0.4 is 10.1 Å². The first kappa shape index (κ1) is 13.7. The van der Waals surface area contributed by atoms with E-state index in [-0.39, 0.29) is 0 Å². The Morgan fingerprint density at radius 3 is 2.63 bits per heavy atom. The van der Waals surface area contributed by atoms with Gasteiger partial charge in [0.05, 0.1) is 0 Å². The monoisotopic (exact) mass is 274 g/mol. The average molecular weight is 274 g/mol. The fourth-order valence-electron chi connectivity index (χ4n) is 1.60. The summed E-state index contributed by atoms with van der Waals surface area (Å²) in [5, 5.41) is 3.24. The van der Waals surface area contributed by atoms with E-state index in [9.17, 15) is 0 Å². The van der Waals surface area contributed by atoms with Crippen LogP contribution in [0, 0.1) is 0 Å². The molecule has 2 rings (SSSR count). The Kier molecular flexibility index (Phi) is 5.10. The summed E-state index contributed by atoms with van der Waals surface area (Å²) in [5.41, 5.74) is 0. The molecular weight excluding hydrogens is 256 g/mol. The molecule has 0 unspecified atom stereocenters. The number of rotatable bonds is 6. The summed E-state index contributed by atoms with van der Waals surface area (Å²) in [4.78, 5) is 5.48. The van der Waals surface area contributed by atoms with Gasteiger partial charge in [-0.15, -0.1) is 11.8 Å². The second-order valence-corrected chi connectivity index (χ2v) is 4.96. The van der Waals surface area contributed by atoms with Gasteiger partial charge in [-0.1, -0.05) is 6.92 Å². The minimum absolute atomic E-state index is 0.797. The number of hydrogen-bond acceptors (Lipinski definition) is 4. The van der Waals surface area contributed by atoms with Crippen molar-refractivity contribution in [3.05, 3.63) is 42.6 Å². The Hall–Kier alpha value is -1.68. The van der Waals surface area contributed by atoms with Crippen LogP contribution in [0.5, 0.6) is 11.5 Å². The number of aromatic nitrogens is 1. The molecule has 1 aromatic carbocycles. The number of thioether (sulfide) groups is 1. The van der Waals surface area contributed by atoms with Gasteiger partial charge in [-0.25, -0.2) is 4.98 Å². The first-order valence-electron chi connectivity index (χ1n) is 6.33. The third kappa shape index (κ3) is 4.17. The van der Waals surface area contributed by atoms with Crippen molar-refractivity contribution in [1.29, 1.82) is 0 Å². The van der Waals surface area contributed by atoms with Gasteiger partial charge in [0.1, 0.15) is 17.3 Å². The molecular formula is C15H18N2OS. The van der Waals surface area contributed by atoms with Crippen LogP contribution in [0.2, 0.25) is 0 Å². The predicted octanol–water partition coefficient (Wildman–Crippen LogP) is 4.42. The molecule has 4 heteroatoms. The number of anilines is 1. The van der Waals surface area contributed by atoms with E-state index in [1.165, 1.54) is 4.90 Å². The maximum absolute atomic E-state index is 5.81. The van der Waals surface area contributed by atoms with Gasteiger partial charge in [-0.05, 0) is 43.0 Å². The maximum Gasteiger partial charge on any atom is 0.132 e. The molecule has 3 nitrogen and oxygen atoms in total. The predicted molar refractivity (Wildman–Crippen MR) is 81.3 cm³/mol. The second-order valence-electron chi connectivity index (χ2n) is 4.08. The lowest BCUT2D eigenvalue weighted by Gasteiger charge is -2.08. The lowest BCUT2D eigenvalue weighted by atomic mass is 10.3. The van der Waals surface area contributed by atoms with Crippen LogP contribution in [0.3, 0.4) is 0 Å². The molecule has 100 valence electrons. The van der Waals surface area contributed by atoms with Crippen LogP contribution in [0.25, 0.3) is 0 Å². The van der Waals surface area contributed by atoms with Gasteiger partial charge in [0.2, 0.25) is 0 Å². The molecule has 0 radical (unpaired) electrons. The minimum atomic E-state index is 0.797. The number of benzene rings is 1. The van der Waals surface area contributed by atoms with Gasteiger partial charge < -0.3 is 10.1 Å². The average Bonchev–Trinajstić information content (AvgIpc) is 2.46. The van der Waals surface area contributed by atoms with E-state index >= 15 is 0 Å². The largest absolute Gasteiger partial charge is 0.457 e. The summed E-state index contributed by atoms with van der Waals surface area (Å²) >= 11 is 1.72. The second kappa shape index (κ2) is 7.04. The summed E-state index contributed by atoms with van der Waals surface area (Å²) in [5.74, 6) is 2.48. The third-order valence-corrected chi connectivity index (χ3v) is 3.33. The highest BCUT2D eigenvalue weighted by Crippen LogP contribution is 2.25. The Labute approximate surface area is 118 Å². The van der Waals surface area contributed by atoms with Gasteiger partial charge >= 0.3 is 0 Å². The molecule has 0 aliphatic carbocycles. The molecule has 0 aliphatic rings. The van der Waals surface area contributed by atoms with Crippen LogP contribution >= 0.6 is 11.8 Å². The Bertz CT molecular complexity index is 514. The van der Waals surface area contributed by atoms with Crippen molar-refractivity contribution in [2.75, 3.05) is 18.1 Å². The fraction of sp³-hybridized carbons (Fsp3) is 0.267. The zero-order chi connectivity index (χ0) is 13.5. The summed E-state index contributed by atoms with van der Waals surface area (Å²) in [7, 11) is 0. The maximum atomic E-state index is 5.81. The molecule has 1 heterocycles. The van der Waals surface area contributed by atoms with Crippen LogP contribution in [-0.2, 0) is 0 Å². The van der Waals surface area contributed by atoms with E-state index in [0.29, 0.717) is 0 Å². The fourth-order valence-corrected chi connectivity index (χ4v) is 2.01. The Morgan fingerprint density at radius 1 is 1.16 bits per heavy atom. The van der Waals surface area contributed by atoms with Crippen LogP contribution in [0.15, 0.2) is 47.5 Å². The van der Waals surface area contributed by atoms with Crippen molar-refractivity contribution in [2.24, 2.45) is 0 Å². The highest BCUT2D eigenvalue weighted by atomic mass is 32.2. The number of pyridine rings is 1. The Morgan fingerprint density at radius 2 is 1.95 bits per heavy atom. The Balaban J connectivity index is 2.05. The molecule has 1 N–H and O–H groups in total. The van der Waals surface area contributed by atoms with Crippen LogP contribution in [0.1, 0.15) is 13.3 Å². The summed E-state index contributed by atoms with van der Waals surface area (Å²) in [6.45, 7) is 3.04. The van der Waals surface area contributed by atoms with Crippen LogP contribution in [-0.4, -0.2) is 17.8 Å². The van der Waals surface area contributed by atoms with Crippen molar-refractivity contribution in [2.45, 2.75) is 18.2 Å². The molecule has 0 spiro atoms. The van der Waals surface area contributed by atoms with Crippen LogP contribution in [0.4, 0.5) is 5.82 Å². The molecule has 0 fully saturated rings. The van der Waals surface area contributed by atoms with Crippen molar-refractivity contribution < 1.29 is 4.74 Å². The van der Waals surface area contributed by atoms with Gasteiger partial charge in [-0.2, -0.15) is 0 Å². The summed E-state index contributed by atoms with van der Waals surface area (Å²) in [6, 6.07) is 11.8. The number of hydrogen-bond donors (Lipinski definition) is 1. The molecule has 2 aromatic rings. The molecule has 0 bridgehead atoms. The molecule has 0 aliphatic heterocycles. The zero-order valence-corrected chi connectivity index (χ0v) is 12.0. The molecule has 19 heavy (non-hydrogen) atoms. The van der Waals surface area contributed by atoms with Gasteiger partial charge in [0, 0.05) is 23.7 Å². The van der Waals surface area contributed by atoms with Crippen molar-refractivity contribution >= 4 is 17.6 Å². The molecule has 0 saturated heterocycles. The summed E-state index contributed by atoms with van der Waals surface area (Å²) < 4.78 is 5.81. The van der Waals surface area contributed by atoms with Gasteiger partial charge in [-0.3, -0.25) is 0 Å². The minimum Gasteiger partial charge on any atom is -0.457 e. The normalized spacial score (nSPS) is 10.2. The molecule has 0 amide bonds. The summed E-state index contributed by atoms with van der Waals surface area (Å²) in [6.07, 6.45) is 4.89. The van der Waals surface area contributed by atoms with Gasteiger partial charge in [0.15, 0.2) is 0 Å². The number of nitrogens with one attached hydrogen (secondary N) is 1. The van der Waals surface area contributed by atoms with Crippen molar-refractivity contribution in [1.82, 2.24) is 4.98 Å². The van der Waals surface area contributed by atoms with Gasteiger partial charge in [0.25, 0.3) is 0 Å². The number of nitrogens with zero attached hydrogens (tertiary/aromatic N) is 1. The lowest BCUT2D eigenvalue weighted by Crippen LogP contribution is -2.01. The smallest absolute Gasteiger partial charge is 0.132 e. The highest BCUT2D eigenvalue weighted by Gasteiger charge is 2.00.